The van der Waals surface area contributed by atoms with Gasteiger partial charge in [-0.15, -0.1) is 0 Å². The first-order valence-corrected chi connectivity index (χ1v) is 33.1. The van der Waals surface area contributed by atoms with E-state index in [0.29, 0.717) is 23.1 Å². The van der Waals surface area contributed by atoms with Crippen LogP contribution in [0.15, 0.2) is 91.4 Å². The van der Waals surface area contributed by atoms with Gasteiger partial charge in [-0.25, -0.2) is 9.78 Å². The van der Waals surface area contributed by atoms with Crippen molar-refractivity contribution in [3.63, 3.8) is 0 Å². The Bertz CT molecular complexity index is 3770. The molecule has 39 nitrogen and oxygen atoms in total. The van der Waals surface area contributed by atoms with Crippen LogP contribution in [-0.2, 0) is 97.6 Å². The molecule has 2 fully saturated rings. The highest BCUT2D eigenvalue weighted by molar-refractivity contribution is 6.00. The van der Waals surface area contributed by atoms with E-state index in [-0.39, 0.29) is 94.6 Å². The number of nitrogens with zero attached hydrogens (tertiary/aromatic N) is 3. The summed E-state index contributed by atoms with van der Waals surface area (Å²) in [6.45, 7) is -2.19. The standard InChI is InChI=1S/C66H85N17O22/c67-40(27-52(88)89)63(102)82-21-5-10-49(82)61(100)72-31-51(87)74-44(28-53(90)91)58(97)81-48(32-84)60(99)79-46(24-35-12-16-38(85)17-13-35)64(103)83-22-6-11-50(83)62(101)75-41(9-4-20-71-66(68)69)55(94)77-43(26-37-30-70-33-73-37)57(96)76-42(23-34-7-2-1-3-8-34)56(95)78-45(29-54(92)93)59(98)80-47(65(104)105)25-36-14-18-39(86)19-15-36/h1-3,7-8,12-19,30,33,40-50,84-86H,4-6,9-11,20-29,31-32,67H2,(H,70,73)(H,72,100)(H,74,87)(H,75,101)(H,76,96)(H,77,94)(H,78,95)(H,79,99)(H,80,98)(H,81,97)(H,88,89)(H,90,91)(H,92,93)(H,104,105)(H4,68,69,71)/t40-,41-,42-,43-,44-,45-,46-,47-,48-,49-,50-/m0/s1. The van der Waals surface area contributed by atoms with Crippen molar-refractivity contribution in [2.75, 3.05) is 32.8 Å². The van der Waals surface area contributed by atoms with Gasteiger partial charge in [0.2, 0.25) is 65.0 Å². The van der Waals surface area contributed by atoms with Crippen LogP contribution in [0.1, 0.15) is 80.2 Å². The number of aliphatic carboxylic acids is 4. The van der Waals surface area contributed by atoms with Gasteiger partial charge in [0, 0.05) is 57.2 Å². The zero-order valence-corrected chi connectivity index (χ0v) is 56.5. The number of phenolic OH excluding ortho intramolecular Hbond substituents is 2. The first-order valence-electron chi connectivity index (χ1n) is 33.1. The van der Waals surface area contributed by atoms with Crippen LogP contribution in [0.4, 0.5) is 0 Å². The Morgan fingerprint density at radius 1 is 0.514 bits per heavy atom. The molecule has 23 N–H and O–H groups in total. The number of amides is 11. The van der Waals surface area contributed by atoms with E-state index < -0.39 is 194 Å². The minimum absolute atomic E-state index is 0.0155. The van der Waals surface area contributed by atoms with E-state index in [1.165, 1.54) is 61.1 Å². The van der Waals surface area contributed by atoms with Crippen molar-refractivity contribution in [3.8, 4) is 11.5 Å². The Morgan fingerprint density at radius 3 is 1.49 bits per heavy atom. The van der Waals surface area contributed by atoms with Gasteiger partial charge >= 0.3 is 23.9 Å². The van der Waals surface area contributed by atoms with Crippen LogP contribution < -0.4 is 64.6 Å². The number of nitrogens with one attached hydrogen (secondary N) is 12. The van der Waals surface area contributed by atoms with E-state index >= 15 is 0 Å². The van der Waals surface area contributed by atoms with Crippen molar-refractivity contribution in [2.45, 2.75) is 150 Å². The molecule has 0 aliphatic carbocycles. The average Bonchev–Trinajstić information content (AvgIpc) is 1.76. The van der Waals surface area contributed by atoms with Crippen LogP contribution in [0.2, 0.25) is 0 Å². The molecule has 0 saturated carbocycles. The number of likely N-dealkylation sites (tertiary alicyclic amines) is 2. The molecule has 105 heavy (non-hydrogen) atoms. The SMILES string of the molecule is N=C(N)NCCC[C@H](NC(=O)[C@@H]1CCCN1C(=O)[C@H](Cc1ccc(O)cc1)NC(=O)[C@H](CO)NC(=O)[C@H](CC(=O)O)NC(=O)CNC(=O)[C@@H]1CCCN1C(=O)[C@@H](N)CC(=O)O)C(=O)N[C@@H](Cc1cnc[nH]1)C(=O)N[C@@H](Cc1ccccc1)C(=O)N[C@@H](CC(=O)O)C(=O)N[C@@H](Cc1ccc(O)cc1)C(=O)O. The minimum atomic E-state index is -1.97. The van der Waals surface area contributed by atoms with E-state index in [1.54, 1.807) is 30.3 Å². The lowest BCUT2D eigenvalue weighted by atomic mass is 10.0. The number of hydrogen-bond acceptors (Lipinski definition) is 21. The maximum atomic E-state index is 14.9. The third kappa shape index (κ3) is 25.9. The van der Waals surface area contributed by atoms with Crippen molar-refractivity contribution >= 4 is 94.8 Å². The van der Waals surface area contributed by atoms with Gasteiger partial charge in [-0.3, -0.25) is 72.5 Å². The first kappa shape index (κ1) is 81.7. The number of nitrogens with two attached hydrogens (primary N) is 2. The quantitative estimate of drug-likeness (QED) is 0.0112. The van der Waals surface area contributed by atoms with E-state index in [2.05, 4.69) is 63.1 Å². The fourth-order valence-corrected chi connectivity index (χ4v) is 11.5. The Morgan fingerprint density at radius 2 is 0.962 bits per heavy atom. The van der Waals surface area contributed by atoms with Gasteiger partial charge in [0.1, 0.15) is 71.9 Å². The molecule has 11 amide bonds. The molecule has 4 aromatic rings. The summed E-state index contributed by atoms with van der Waals surface area (Å²) in [5.74, 6) is -18.5. The van der Waals surface area contributed by atoms with Crippen molar-refractivity contribution < 1.29 is 108 Å². The fraction of sp³-hybridized carbons (Fsp3) is 0.439. The number of carbonyl (C=O) groups is 15. The molecule has 3 heterocycles. The van der Waals surface area contributed by atoms with Crippen molar-refractivity contribution in [3.05, 3.63) is 114 Å². The number of guanidine groups is 1. The zero-order chi connectivity index (χ0) is 77.0. The second kappa shape index (κ2) is 39.8. The monoisotopic (exact) mass is 1470 g/mol. The fourth-order valence-electron chi connectivity index (χ4n) is 11.5. The molecule has 0 bridgehead atoms. The number of imidazole rings is 1. The molecule has 2 saturated heterocycles. The van der Waals surface area contributed by atoms with Crippen LogP contribution in [0.5, 0.6) is 11.5 Å². The number of aromatic nitrogens is 2. The lowest BCUT2D eigenvalue weighted by Gasteiger charge is -2.31. The molecule has 0 radical (unpaired) electrons. The molecule has 1 aromatic heterocycles. The summed E-state index contributed by atoms with van der Waals surface area (Å²) in [4.78, 5) is 211. The molecule has 566 valence electrons. The summed E-state index contributed by atoms with van der Waals surface area (Å²) >= 11 is 0. The number of aliphatic hydroxyl groups excluding tert-OH is 1. The topological polar surface area (TPSA) is 629 Å². The number of hydrogen-bond donors (Lipinski definition) is 21. The third-order valence-electron chi connectivity index (χ3n) is 16.8. The van der Waals surface area contributed by atoms with E-state index in [9.17, 15) is 103 Å². The van der Waals surface area contributed by atoms with Crippen LogP contribution >= 0.6 is 0 Å². The molecular weight excluding hydrogens is 1380 g/mol. The van der Waals surface area contributed by atoms with Gasteiger partial charge in [-0.2, -0.15) is 0 Å². The maximum Gasteiger partial charge on any atom is 0.326 e. The molecule has 6 rings (SSSR count). The number of aromatic hydroxyl groups is 2. The Hall–Kier alpha value is -12.3. The molecule has 39 heteroatoms. The smallest absolute Gasteiger partial charge is 0.326 e. The van der Waals surface area contributed by atoms with Gasteiger partial charge < -0.3 is 115 Å². The zero-order valence-electron chi connectivity index (χ0n) is 56.5. The van der Waals surface area contributed by atoms with E-state index in [4.69, 9.17) is 22.0 Å². The van der Waals surface area contributed by atoms with Crippen LogP contribution in [0, 0.1) is 5.41 Å². The first-order chi connectivity index (χ1) is 49.9. The second-order valence-corrected chi connectivity index (χ2v) is 24.8. The molecule has 0 unspecified atom stereocenters. The summed E-state index contributed by atoms with van der Waals surface area (Å²) in [5.41, 5.74) is 12.6. The number of carbonyl (C=O) groups excluding carboxylic acids is 11. The lowest BCUT2D eigenvalue weighted by molar-refractivity contribution is -0.144. The van der Waals surface area contributed by atoms with Crippen molar-refractivity contribution in [1.29, 1.82) is 5.41 Å². The Kier molecular flexibility index (Phi) is 31.0. The highest BCUT2D eigenvalue weighted by Crippen LogP contribution is 2.23. The summed E-state index contributed by atoms with van der Waals surface area (Å²) in [5, 5.41) is 101. The second-order valence-electron chi connectivity index (χ2n) is 24.8. The molecular formula is C66H85N17O22. The summed E-state index contributed by atoms with van der Waals surface area (Å²) < 4.78 is 0. The molecule has 2 aliphatic rings. The molecule has 2 aliphatic heterocycles. The van der Waals surface area contributed by atoms with E-state index in [0.717, 1.165) is 9.80 Å². The van der Waals surface area contributed by atoms with Gasteiger partial charge in [-0.05, 0) is 79.5 Å². The number of benzene rings is 3. The summed E-state index contributed by atoms with van der Waals surface area (Å²) in [7, 11) is 0. The van der Waals surface area contributed by atoms with Gasteiger partial charge in [0.25, 0.3) is 0 Å². The highest BCUT2D eigenvalue weighted by Gasteiger charge is 2.42. The van der Waals surface area contributed by atoms with Crippen LogP contribution in [-0.4, -0.2) is 250 Å². The average molecular weight is 1470 g/mol. The van der Waals surface area contributed by atoms with Gasteiger partial charge in [0.05, 0.1) is 44.8 Å². The van der Waals surface area contributed by atoms with Crippen molar-refractivity contribution in [2.24, 2.45) is 11.5 Å². The Labute approximate surface area is 598 Å². The van der Waals surface area contributed by atoms with Crippen molar-refractivity contribution in [1.82, 2.24) is 72.9 Å². The Balaban J connectivity index is 1.19. The van der Waals surface area contributed by atoms with Gasteiger partial charge in [-0.1, -0.05) is 54.6 Å². The lowest BCUT2D eigenvalue weighted by Crippen LogP contribution is -2.61. The normalized spacial score (nSPS) is 16.4. The highest BCUT2D eigenvalue weighted by atomic mass is 16.4. The minimum Gasteiger partial charge on any atom is -0.508 e. The van der Waals surface area contributed by atoms with Gasteiger partial charge in [0.15, 0.2) is 5.96 Å². The number of aliphatic hydroxyl groups is 1. The van der Waals surface area contributed by atoms with E-state index in [1.807, 2.05) is 0 Å². The predicted octanol–water partition coefficient (Wildman–Crippen LogP) is -5.84. The number of carboxylic acids is 4. The molecule has 3 aromatic carbocycles. The largest absolute Gasteiger partial charge is 0.508 e. The summed E-state index contributed by atoms with van der Waals surface area (Å²) in [6.07, 6.45) is -1.35. The number of aromatic amines is 1. The number of carboxylic acid groups (broad SMARTS) is 4. The molecule has 0 spiro atoms. The summed E-state index contributed by atoms with van der Waals surface area (Å²) in [6, 6.07) is 0.640. The number of H-pyrrole nitrogens is 1. The van der Waals surface area contributed by atoms with Crippen LogP contribution in [0.3, 0.4) is 0 Å². The number of rotatable bonds is 40. The predicted molar refractivity (Wildman–Crippen MR) is 363 cm³/mol. The van der Waals surface area contributed by atoms with Crippen LogP contribution in [0.25, 0.3) is 0 Å². The molecule has 11 atom stereocenters. The maximum absolute atomic E-state index is 14.9. The number of phenols is 2. The third-order valence-corrected chi connectivity index (χ3v) is 16.8.